The van der Waals surface area contributed by atoms with Gasteiger partial charge in [0.05, 0.1) is 6.61 Å². The fourth-order valence-corrected chi connectivity index (χ4v) is 2.20. The molecular weight excluding hydrogens is 254 g/mol. The van der Waals surface area contributed by atoms with E-state index in [4.69, 9.17) is 4.74 Å². The molecule has 0 fully saturated rings. The van der Waals surface area contributed by atoms with Crippen molar-refractivity contribution in [3.63, 3.8) is 0 Å². The first-order valence-electron chi connectivity index (χ1n) is 6.33. The van der Waals surface area contributed by atoms with E-state index in [0.717, 1.165) is 13.0 Å². The molecule has 0 aliphatic heterocycles. The maximum Gasteiger partial charge on any atom is 0.279 e. The number of rotatable bonds is 11. The third kappa shape index (κ3) is 8.82. The minimum atomic E-state index is -3.37. The quantitative estimate of drug-likeness (QED) is 0.524. The Hall–Kier alpha value is -0.210. The van der Waals surface area contributed by atoms with Gasteiger partial charge in [-0.1, -0.05) is 13.8 Å². The highest BCUT2D eigenvalue weighted by molar-refractivity contribution is 7.87. The highest BCUT2D eigenvalue weighted by Gasteiger charge is 2.15. The van der Waals surface area contributed by atoms with Crippen LogP contribution in [0.2, 0.25) is 0 Å². The number of nitrogens with zero attached hydrogens (tertiary/aromatic N) is 1. The lowest BCUT2D eigenvalue weighted by Crippen LogP contribution is -2.40. The number of ether oxygens (including phenoxy) is 1. The van der Waals surface area contributed by atoms with Crippen LogP contribution in [-0.2, 0) is 14.9 Å². The van der Waals surface area contributed by atoms with E-state index < -0.39 is 10.2 Å². The lowest BCUT2D eigenvalue weighted by Gasteiger charge is -2.17. The van der Waals surface area contributed by atoms with Crippen molar-refractivity contribution in [3.8, 4) is 0 Å². The lowest BCUT2D eigenvalue weighted by atomic mass is 10.2. The first-order chi connectivity index (χ1) is 8.40. The summed E-state index contributed by atoms with van der Waals surface area (Å²) in [6, 6.07) is 0. The zero-order chi connectivity index (χ0) is 14.0. The average Bonchev–Trinajstić information content (AvgIpc) is 2.28. The Kier molecular flexibility index (Phi) is 9.57. The predicted molar refractivity (Wildman–Crippen MR) is 73.8 cm³/mol. The van der Waals surface area contributed by atoms with Gasteiger partial charge in [0.25, 0.3) is 10.2 Å². The highest BCUT2D eigenvalue weighted by atomic mass is 32.2. The molecule has 0 aliphatic rings. The second-order valence-electron chi connectivity index (χ2n) is 4.65. The van der Waals surface area contributed by atoms with Crippen LogP contribution in [0.15, 0.2) is 0 Å². The van der Waals surface area contributed by atoms with Gasteiger partial charge in [0.2, 0.25) is 0 Å². The van der Waals surface area contributed by atoms with Gasteiger partial charge in [0.1, 0.15) is 0 Å². The van der Waals surface area contributed by atoms with E-state index in [0.29, 0.717) is 32.2 Å². The van der Waals surface area contributed by atoms with Crippen molar-refractivity contribution in [2.45, 2.75) is 20.3 Å². The second-order valence-corrected chi connectivity index (χ2v) is 6.51. The van der Waals surface area contributed by atoms with Gasteiger partial charge < -0.3 is 10.1 Å². The maximum absolute atomic E-state index is 11.8. The normalized spacial score (nSPS) is 12.6. The van der Waals surface area contributed by atoms with E-state index in [9.17, 15) is 8.42 Å². The van der Waals surface area contributed by atoms with Crippen LogP contribution in [0, 0.1) is 5.92 Å². The van der Waals surface area contributed by atoms with Gasteiger partial charge in [0.15, 0.2) is 0 Å². The summed E-state index contributed by atoms with van der Waals surface area (Å²) in [4.78, 5) is 0. The molecule has 0 rings (SSSR count). The molecule has 0 saturated heterocycles. The van der Waals surface area contributed by atoms with Crippen LogP contribution in [0.3, 0.4) is 0 Å². The molecule has 0 atom stereocenters. The van der Waals surface area contributed by atoms with Crippen molar-refractivity contribution in [2.24, 2.45) is 5.92 Å². The molecule has 0 aromatic rings. The molecule has 0 spiro atoms. The molecule has 110 valence electrons. The standard InChI is InChI=1S/C11H27N3O3S/c1-11(2)10-17-9-7-13-18(15,16)14(4)8-5-6-12-3/h11-13H,5-10H2,1-4H3. The summed E-state index contributed by atoms with van der Waals surface area (Å²) in [6.07, 6.45) is 0.789. The summed E-state index contributed by atoms with van der Waals surface area (Å²) in [6.45, 7) is 6.78. The van der Waals surface area contributed by atoms with Gasteiger partial charge in [-0.15, -0.1) is 0 Å². The largest absolute Gasteiger partial charge is 0.380 e. The van der Waals surface area contributed by atoms with Gasteiger partial charge in [-0.2, -0.15) is 17.4 Å². The van der Waals surface area contributed by atoms with E-state index in [1.165, 1.54) is 4.31 Å². The molecule has 2 N–H and O–H groups in total. The van der Waals surface area contributed by atoms with Crippen LogP contribution in [-0.4, -0.2) is 59.7 Å². The van der Waals surface area contributed by atoms with E-state index in [1.807, 2.05) is 7.05 Å². The minimum absolute atomic E-state index is 0.311. The number of hydrogen-bond acceptors (Lipinski definition) is 4. The molecule has 7 heteroatoms. The lowest BCUT2D eigenvalue weighted by molar-refractivity contribution is 0.114. The van der Waals surface area contributed by atoms with E-state index in [-0.39, 0.29) is 0 Å². The van der Waals surface area contributed by atoms with E-state index >= 15 is 0 Å². The van der Waals surface area contributed by atoms with Crippen LogP contribution in [0.25, 0.3) is 0 Å². The molecule has 6 nitrogen and oxygen atoms in total. The van der Waals surface area contributed by atoms with E-state index in [1.54, 1.807) is 7.05 Å². The monoisotopic (exact) mass is 281 g/mol. The Morgan fingerprint density at radius 3 is 2.50 bits per heavy atom. The predicted octanol–water partition coefficient (Wildman–Crippen LogP) is 0.0347. The van der Waals surface area contributed by atoms with Crippen LogP contribution in [0.4, 0.5) is 0 Å². The van der Waals surface area contributed by atoms with E-state index in [2.05, 4.69) is 23.9 Å². The SMILES string of the molecule is CNCCCN(C)S(=O)(=O)NCCOCC(C)C. The zero-order valence-electron chi connectivity index (χ0n) is 11.9. The van der Waals surface area contributed by atoms with Crippen molar-refractivity contribution in [1.29, 1.82) is 0 Å². The van der Waals surface area contributed by atoms with Crippen molar-refractivity contribution >= 4 is 10.2 Å². The first-order valence-corrected chi connectivity index (χ1v) is 7.77. The molecule has 0 aromatic heterocycles. The van der Waals surface area contributed by atoms with Crippen molar-refractivity contribution in [1.82, 2.24) is 14.3 Å². The van der Waals surface area contributed by atoms with Crippen molar-refractivity contribution < 1.29 is 13.2 Å². The molecule has 0 heterocycles. The van der Waals surface area contributed by atoms with Crippen LogP contribution in [0.5, 0.6) is 0 Å². The fourth-order valence-electron chi connectivity index (χ4n) is 1.27. The minimum Gasteiger partial charge on any atom is -0.380 e. The fraction of sp³-hybridized carbons (Fsp3) is 1.00. The molecule has 18 heavy (non-hydrogen) atoms. The summed E-state index contributed by atoms with van der Waals surface area (Å²) in [5.41, 5.74) is 0. The highest BCUT2D eigenvalue weighted by Crippen LogP contribution is 1.95. The smallest absolute Gasteiger partial charge is 0.279 e. The number of hydrogen-bond donors (Lipinski definition) is 2. The Labute approximate surface area is 111 Å². The molecule has 0 aliphatic carbocycles. The molecular formula is C11H27N3O3S. The third-order valence-electron chi connectivity index (χ3n) is 2.29. The number of nitrogens with one attached hydrogen (secondary N) is 2. The zero-order valence-corrected chi connectivity index (χ0v) is 12.7. The van der Waals surface area contributed by atoms with Crippen molar-refractivity contribution in [2.75, 3.05) is 46.9 Å². The van der Waals surface area contributed by atoms with Gasteiger partial charge in [-0.25, -0.2) is 0 Å². The Morgan fingerprint density at radius 2 is 1.94 bits per heavy atom. The van der Waals surface area contributed by atoms with Crippen molar-refractivity contribution in [3.05, 3.63) is 0 Å². The summed E-state index contributed by atoms with van der Waals surface area (Å²) in [5.74, 6) is 0.464. The topological polar surface area (TPSA) is 70.7 Å². The van der Waals surface area contributed by atoms with Gasteiger partial charge >= 0.3 is 0 Å². The Balaban J connectivity index is 3.78. The summed E-state index contributed by atoms with van der Waals surface area (Å²) >= 11 is 0. The van der Waals surface area contributed by atoms with Crippen LogP contribution < -0.4 is 10.0 Å². The molecule has 0 aromatic carbocycles. The first kappa shape index (κ1) is 17.8. The Morgan fingerprint density at radius 1 is 1.28 bits per heavy atom. The summed E-state index contributed by atoms with van der Waals surface area (Å²) < 4.78 is 32.7. The van der Waals surface area contributed by atoms with Gasteiger partial charge in [-0.3, -0.25) is 0 Å². The van der Waals surface area contributed by atoms with Crippen LogP contribution in [0.1, 0.15) is 20.3 Å². The summed E-state index contributed by atoms with van der Waals surface area (Å²) in [5, 5.41) is 2.98. The van der Waals surface area contributed by atoms with Gasteiger partial charge in [0, 0.05) is 26.7 Å². The molecule has 0 saturated carbocycles. The second kappa shape index (κ2) is 9.69. The summed E-state index contributed by atoms with van der Waals surface area (Å²) in [7, 11) is 0.0565. The van der Waals surface area contributed by atoms with Crippen LogP contribution >= 0.6 is 0 Å². The molecule has 0 unspecified atom stereocenters. The average molecular weight is 281 g/mol. The molecule has 0 radical (unpaired) electrons. The Bertz CT molecular complexity index is 294. The molecule has 0 bridgehead atoms. The molecule has 0 amide bonds. The third-order valence-corrected chi connectivity index (χ3v) is 3.86. The van der Waals surface area contributed by atoms with Gasteiger partial charge in [-0.05, 0) is 25.9 Å². The maximum atomic E-state index is 11.8.